The van der Waals surface area contributed by atoms with E-state index in [0.29, 0.717) is 20.1 Å². The molecule has 0 fully saturated rings. The molecule has 0 radical (unpaired) electrons. The van der Waals surface area contributed by atoms with E-state index in [9.17, 15) is 0 Å². The fraction of sp³-hybridized carbons (Fsp3) is 0. The zero-order chi connectivity index (χ0) is 24.4. The van der Waals surface area contributed by atoms with Gasteiger partial charge in [-0.1, -0.05) is 94.9 Å². The maximum atomic E-state index is 6.19. The van der Waals surface area contributed by atoms with Gasteiger partial charge >= 0.3 is 0 Å². The smallest absolute Gasteiger partial charge is 0.0406 e. The van der Waals surface area contributed by atoms with Crippen molar-refractivity contribution >= 4 is 68.9 Å². The first kappa shape index (κ1) is 24.2. The molecule has 0 aliphatic carbocycles. The fourth-order valence-electron chi connectivity index (χ4n) is 3.98. The molecule has 0 nitrogen and oxygen atoms in total. The highest BCUT2D eigenvalue weighted by Gasteiger charge is 2.11. The molecule has 1 heterocycles. The van der Waals surface area contributed by atoms with E-state index in [0.717, 1.165) is 42.5 Å². The minimum Gasteiger partial charge on any atom is -0.135 e. The summed E-state index contributed by atoms with van der Waals surface area (Å²) in [6.07, 6.45) is 0. The van der Waals surface area contributed by atoms with Gasteiger partial charge in [0.1, 0.15) is 0 Å². The van der Waals surface area contributed by atoms with Crippen LogP contribution < -0.4 is 9.06 Å². The largest absolute Gasteiger partial charge is 0.135 e. The first-order valence-electron chi connectivity index (χ1n) is 10.9. The zero-order valence-electron chi connectivity index (χ0n) is 18.3. The van der Waals surface area contributed by atoms with E-state index >= 15 is 0 Å². The van der Waals surface area contributed by atoms with Gasteiger partial charge in [0.25, 0.3) is 0 Å². The second kappa shape index (κ2) is 10.6. The molecule has 0 N–H and O–H groups in total. The molecular weight excluding hydrogens is 534 g/mol. The van der Waals surface area contributed by atoms with Crippen LogP contribution in [0, 0.1) is 0 Å². The number of hydrogen-bond acceptors (Lipinski definition) is 1. The van der Waals surface area contributed by atoms with E-state index in [1.54, 1.807) is 11.3 Å². The molecule has 35 heavy (non-hydrogen) atoms. The van der Waals surface area contributed by atoms with Crippen molar-refractivity contribution in [2.45, 2.75) is 0 Å². The number of rotatable bonds is 4. The zero-order valence-corrected chi connectivity index (χ0v) is 22.2. The lowest BCUT2D eigenvalue weighted by Crippen LogP contribution is -2.06. The van der Waals surface area contributed by atoms with Crippen LogP contribution in [0.15, 0.2) is 109 Å². The number of halogens is 4. The predicted octanol–water partition coefficient (Wildman–Crippen LogP) is 8.86. The lowest BCUT2D eigenvalue weighted by atomic mass is 9.98. The van der Waals surface area contributed by atoms with Crippen LogP contribution in [0.3, 0.4) is 0 Å². The van der Waals surface area contributed by atoms with Crippen LogP contribution in [-0.2, 0) is 0 Å². The predicted molar refractivity (Wildman–Crippen MR) is 153 cm³/mol. The van der Waals surface area contributed by atoms with Crippen LogP contribution in [-0.4, -0.2) is 0 Å². The summed E-state index contributed by atoms with van der Waals surface area (Å²) in [6.45, 7) is 0. The lowest BCUT2D eigenvalue weighted by Gasteiger charge is -2.09. The third-order valence-corrected chi connectivity index (χ3v) is 7.76. The highest BCUT2D eigenvalue weighted by atomic mass is 35.5. The molecule has 0 amide bonds. The molecule has 172 valence electrons. The Morgan fingerprint density at radius 2 is 0.571 bits per heavy atom. The molecule has 0 atom stereocenters. The minimum absolute atomic E-state index is 0.706. The van der Waals surface area contributed by atoms with E-state index in [-0.39, 0.29) is 0 Å². The average molecular weight is 552 g/mol. The van der Waals surface area contributed by atoms with Crippen molar-refractivity contribution in [2.24, 2.45) is 0 Å². The quantitative estimate of drug-likeness (QED) is 0.209. The summed E-state index contributed by atoms with van der Waals surface area (Å²) in [5, 5.41) is 2.82. The van der Waals surface area contributed by atoms with Crippen LogP contribution in [0.5, 0.6) is 0 Å². The van der Waals surface area contributed by atoms with Gasteiger partial charge in [0.05, 0.1) is 0 Å². The first-order valence-corrected chi connectivity index (χ1v) is 13.2. The molecule has 0 bridgehead atoms. The van der Waals surface area contributed by atoms with Crippen LogP contribution >= 0.6 is 57.7 Å². The summed E-state index contributed by atoms with van der Waals surface area (Å²) < 4.78 is 2.29. The van der Waals surface area contributed by atoms with Gasteiger partial charge < -0.3 is 0 Å². The number of thiophene rings is 1. The molecule has 5 rings (SSSR count). The Morgan fingerprint density at radius 1 is 0.343 bits per heavy atom. The highest BCUT2D eigenvalue weighted by Crippen LogP contribution is 2.26. The molecule has 0 spiro atoms. The third kappa shape index (κ3) is 5.51. The SMILES string of the molecule is Clc1ccc(C(c2ccc(Cl)cc2)=c2ccc(=C(c3ccc(Cl)cc3)c3ccc(Cl)cc3)s2)cc1. The molecule has 5 heteroatoms. The third-order valence-electron chi connectivity index (χ3n) is 5.63. The van der Waals surface area contributed by atoms with Gasteiger partial charge in [-0.15, -0.1) is 11.3 Å². The summed E-state index contributed by atoms with van der Waals surface area (Å²) in [5.74, 6) is 0. The van der Waals surface area contributed by atoms with Crippen molar-refractivity contribution in [1.82, 2.24) is 0 Å². The van der Waals surface area contributed by atoms with E-state index in [4.69, 9.17) is 46.4 Å². The van der Waals surface area contributed by atoms with Crippen molar-refractivity contribution in [2.75, 3.05) is 0 Å². The van der Waals surface area contributed by atoms with Crippen molar-refractivity contribution in [3.63, 3.8) is 0 Å². The summed E-state index contributed by atoms with van der Waals surface area (Å²) >= 11 is 26.5. The van der Waals surface area contributed by atoms with Gasteiger partial charge in [-0.25, -0.2) is 0 Å². The Morgan fingerprint density at radius 3 is 0.800 bits per heavy atom. The van der Waals surface area contributed by atoms with E-state index in [1.807, 2.05) is 48.5 Å². The Kier molecular flexibility index (Phi) is 7.34. The van der Waals surface area contributed by atoms with Gasteiger partial charge in [0, 0.05) is 40.3 Å². The van der Waals surface area contributed by atoms with E-state index in [1.165, 1.54) is 0 Å². The second-order valence-electron chi connectivity index (χ2n) is 7.94. The average Bonchev–Trinajstić information content (AvgIpc) is 3.33. The van der Waals surface area contributed by atoms with Crippen molar-refractivity contribution in [3.05, 3.63) is 161 Å². The van der Waals surface area contributed by atoms with Crippen LogP contribution in [0.25, 0.3) is 11.1 Å². The lowest BCUT2D eigenvalue weighted by molar-refractivity contribution is 1.53. The van der Waals surface area contributed by atoms with Crippen molar-refractivity contribution in [3.8, 4) is 0 Å². The van der Waals surface area contributed by atoms with Crippen LogP contribution in [0.2, 0.25) is 20.1 Å². The molecule has 5 aromatic rings. The van der Waals surface area contributed by atoms with Gasteiger partial charge in [0.2, 0.25) is 0 Å². The molecular formula is C30H18Cl4S. The Bertz CT molecular complexity index is 1360. The summed E-state index contributed by atoms with van der Waals surface area (Å²) in [6, 6.07) is 36.1. The molecule has 0 aliphatic rings. The standard InChI is InChI=1S/C30H18Cl4S/c31-23-9-1-19(2-10-23)29(20-3-11-24(32)12-4-20)27-17-18-28(35-27)30(21-5-13-25(33)14-6-21)22-7-15-26(34)16-8-22/h1-18H. The topological polar surface area (TPSA) is 0 Å². The summed E-state index contributed by atoms with van der Waals surface area (Å²) in [7, 11) is 0. The van der Waals surface area contributed by atoms with Gasteiger partial charge in [-0.3, -0.25) is 0 Å². The maximum absolute atomic E-state index is 6.19. The Hall–Kier alpha value is -2.52. The van der Waals surface area contributed by atoms with Crippen molar-refractivity contribution in [1.29, 1.82) is 0 Å². The molecule has 1 aromatic heterocycles. The molecule has 0 unspecified atom stereocenters. The maximum Gasteiger partial charge on any atom is 0.0406 e. The van der Waals surface area contributed by atoms with E-state index in [2.05, 4.69) is 60.7 Å². The van der Waals surface area contributed by atoms with Crippen molar-refractivity contribution < 1.29 is 0 Å². The fourth-order valence-corrected chi connectivity index (χ4v) is 5.66. The monoisotopic (exact) mass is 550 g/mol. The molecule has 0 aliphatic heterocycles. The molecule has 0 saturated carbocycles. The molecule has 4 aromatic carbocycles. The highest BCUT2D eigenvalue weighted by molar-refractivity contribution is 7.08. The molecule has 0 saturated heterocycles. The number of hydrogen-bond donors (Lipinski definition) is 0. The van der Waals surface area contributed by atoms with Gasteiger partial charge in [-0.05, 0) is 82.9 Å². The Balaban J connectivity index is 1.81. The van der Waals surface area contributed by atoms with E-state index < -0.39 is 0 Å². The summed E-state index contributed by atoms with van der Waals surface area (Å²) in [4.78, 5) is 0. The first-order chi connectivity index (χ1) is 17.0. The second-order valence-corrected chi connectivity index (χ2v) is 10.8. The Labute approximate surface area is 228 Å². The van der Waals surface area contributed by atoms with Gasteiger partial charge in [-0.2, -0.15) is 0 Å². The van der Waals surface area contributed by atoms with Gasteiger partial charge in [0.15, 0.2) is 0 Å². The minimum atomic E-state index is 0.706. The summed E-state index contributed by atoms with van der Waals surface area (Å²) in [5.41, 5.74) is 6.60. The number of benzene rings is 4. The van der Waals surface area contributed by atoms with Crippen LogP contribution in [0.1, 0.15) is 22.3 Å². The van der Waals surface area contributed by atoms with Crippen LogP contribution in [0.4, 0.5) is 0 Å². The normalized spacial score (nSPS) is 10.9.